The number of rotatable bonds is 6. The van der Waals surface area contributed by atoms with E-state index in [1.165, 1.54) is 25.5 Å². The molecule has 5 nitrogen and oxygen atoms in total. The lowest BCUT2D eigenvalue weighted by Crippen LogP contribution is -2.38. The maximum absolute atomic E-state index is 10.8. The van der Waals surface area contributed by atoms with Crippen LogP contribution >= 0.6 is 0 Å². The number of piperidine rings is 1. The van der Waals surface area contributed by atoms with E-state index < -0.39 is 0 Å². The predicted octanol–water partition coefficient (Wildman–Crippen LogP) is 3.55. The first-order valence-corrected chi connectivity index (χ1v) is 7.74. The van der Waals surface area contributed by atoms with Gasteiger partial charge in [-0.15, -0.1) is 0 Å². The second kappa shape index (κ2) is 7.41. The van der Waals surface area contributed by atoms with Crippen LogP contribution in [0.3, 0.4) is 0 Å². The van der Waals surface area contributed by atoms with Gasteiger partial charge in [0.2, 0.25) is 0 Å². The molecule has 0 radical (unpaired) electrons. The summed E-state index contributed by atoms with van der Waals surface area (Å²) in [6.45, 7) is 7.30. The minimum absolute atomic E-state index is 0.150. The van der Waals surface area contributed by atoms with Crippen molar-refractivity contribution in [2.45, 2.75) is 45.6 Å². The van der Waals surface area contributed by atoms with Gasteiger partial charge in [-0.05, 0) is 44.9 Å². The molecule has 1 aromatic carbocycles. The van der Waals surface area contributed by atoms with Crippen molar-refractivity contribution >= 4 is 5.69 Å². The highest BCUT2D eigenvalue weighted by Gasteiger charge is 2.20. The van der Waals surface area contributed by atoms with Gasteiger partial charge < -0.3 is 9.64 Å². The van der Waals surface area contributed by atoms with Crippen molar-refractivity contribution in [1.82, 2.24) is 4.90 Å². The van der Waals surface area contributed by atoms with Crippen LogP contribution in [0.25, 0.3) is 0 Å². The van der Waals surface area contributed by atoms with Crippen LogP contribution in [0.15, 0.2) is 18.2 Å². The summed E-state index contributed by atoms with van der Waals surface area (Å²) in [6, 6.07) is 5.00. The summed E-state index contributed by atoms with van der Waals surface area (Å²) >= 11 is 0. The number of benzene rings is 1. The predicted molar refractivity (Wildman–Crippen MR) is 82.8 cm³/mol. The van der Waals surface area contributed by atoms with E-state index in [0.29, 0.717) is 5.56 Å². The molecule has 2 rings (SSSR count). The average molecular weight is 292 g/mol. The molecule has 1 aliphatic rings. The Morgan fingerprint density at radius 2 is 2.10 bits per heavy atom. The molecule has 21 heavy (non-hydrogen) atoms. The van der Waals surface area contributed by atoms with E-state index in [0.717, 1.165) is 31.7 Å². The van der Waals surface area contributed by atoms with Gasteiger partial charge in [-0.25, -0.2) is 0 Å². The zero-order valence-corrected chi connectivity index (χ0v) is 12.9. The summed E-state index contributed by atoms with van der Waals surface area (Å²) in [5, 5.41) is 10.8. The van der Waals surface area contributed by atoms with E-state index in [1.54, 1.807) is 19.1 Å². The van der Waals surface area contributed by atoms with Gasteiger partial charge in [-0.1, -0.05) is 13.3 Å². The molecule has 1 heterocycles. The van der Waals surface area contributed by atoms with Crippen LogP contribution in [-0.4, -0.2) is 35.6 Å². The van der Waals surface area contributed by atoms with Crippen molar-refractivity contribution in [1.29, 1.82) is 0 Å². The van der Waals surface area contributed by atoms with E-state index in [2.05, 4.69) is 11.8 Å². The van der Waals surface area contributed by atoms with Gasteiger partial charge in [0.1, 0.15) is 11.9 Å². The van der Waals surface area contributed by atoms with Gasteiger partial charge in [0.25, 0.3) is 5.69 Å². The van der Waals surface area contributed by atoms with Crippen molar-refractivity contribution in [2.75, 3.05) is 19.6 Å². The monoisotopic (exact) mass is 292 g/mol. The van der Waals surface area contributed by atoms with Gasteiger partial charge in [0, 0.05) is 24.7 Å². The Balaban J connectivity index is 1.86. The molecule has 0 aliphatic carbocycles. The zero-order valence-electron chi connectivity index (χ0n) is 12.9. The Morgan fingerprint density at radius 3 is 2.67 bits per heavy atom. The molecule has 1 aromatic rings. The van der Waals surface area contributed by atoms with Crippen LogP contribution in [0.4, 0.5) is 5.69 Å². The Kier molecular flexibility index (Phi) is 5.56. The molecular weight excluding hydrogens is 268 g/mol. The Labute approximate surface area is 126 Å². The first-order chi connectivity index (χ1) is 10.1. The van der Waals surface area contributed by atoms with Crippen LogP contribution in [0.2, 0.25) is 0 Å². The number of ether oxygens (including phenoxy) is 1. The van der Waals surface area contributed by atoms with Gasteiger partial charge in [-0.2, -0.15) is 0 Å². The molecule has 1 saturated heterocycles. The SMILES string of the molecule is CCCCN1CCC(Oc2ccc([N+](=O)[O-])c(C)c2)CC1. The van der Waals surface area contributed by atoms with Crippen molar-refractivity contribution in [2.24, 2.45) is 0 Å². The molecule has 0 aromatic heterocycles. The van der Waals surface area contributed by atoms with E-state index in [9.17, 15) is 10.1 Å². The largest absolute Gasteiger partial charge is 0.490 e. The fourth-order valence-corrected chi connectivity index (χ4v) is 2.73. The van der Waals surface area contributed by atoms with Gasteiger partial charge >= 0.3 is 0 Å². The minimum atomic E-state index is -0.356. The number of nitrogens with zero attached hydrogens (tertiary/aromatic N) is 2. The average Bonchev–Trinajstić information content (AvgIpc) is 2.46. The third-order valence-electron chi connectivity index (χ3n) is 4.03. The lowest BCUT2D eigenvalue weighted by atomic mass is 10.1. The summed E-state index contributed by atoms with van der Waals surface area (Å²) in [5.74, 6) is 0.741. The second-order valence-corrected chi connectivity index (χ2v) is 5.72. The maximum atomic E-state index is 10.8. The van der Waals surface area contributed by atoms with Crippen LogP contribution in [0.1, 0.15) is 38.2 Å². The van der Waals surface area contributed by atoms with Gasteiger partial charge in [-0.3, -0.25) is 10.1 Å². The van der Waals surface area contributed by atoms with Crippen LogP contribution < -0.4 is 4.74 Å². The molecule has 0 atom stereocenters. The van der Waals surface area contributed by atoms with E-state index in [4.69, 9.17) is 4.74 Å². The van der Waals surface area contributed by atoms with E-state index >= 15 is 0 Å². The fraction of sp³-hybridized carbons (Fsp3) is 0.625. The number of aryl methyl sites for hydroxylation is 1. The van der Waals surface area contributed by atoms with Crippen LogP contribution in [0, 0.1) is 17.0 Å². The molecule has 1 aliphatic heterocycles. The second-order valence-electron chi connectivity index (χ2n) is 5.72. The summed E-state index contributed by atoms with van der Waals surface area (Å²) in [4.78, 5) is 12.9. The standard InChI is InChI=1S/C16H24N2O3/c1-3-4-9-17-10-7-14(8-11-17)21-15-5-6-16(18(19)20)13(2)12-15/h5-6,12,14H,3-4,7-11H2,1-2H3. The van der Waals surface area contributed by atoms with Crippen LogP contribution in [0.5, 0.6) is 5.75 Å². The molecular formula is C16H24N2O3. The number of likely N-dealkylation sites (tertiary alicyclic amines) is 1. The lowest BCUT2D eigenvalue weighted by Gasteiger charge is -2.32. The Morgan fingerprint density at radius 1 is 1.38 bits per heavy atom. The smallest absolute Gasteiger partial charge is 0.272 e. The van der Waals surface area contributed by atoms with Crippen molar-refractivity contribution < 1.29 is 9.66 Å². The molecule has 0 amide bonds. The summed E-state index contributed by atoms with van der Waals surface area (Å²) in [5.41, 5.74) is 0.801. The molecule has 0 saturated carbocycles. The van der Waals surface area contributed by atoms with Crippen molar-refractivity contribution in [3.63, 3.8) is 0 Å². The molecule has 0 unspecified atom stereocenters. The highest BCUT2D eigenvalue weighted by Crippen LogP contribution is 2.25. The van der Waals surface area contributed by atoms with Crippen molar-refractivity contribution in [3.8, 4) is 5.75 Å². The highest BCUT2D eigenvalue weighted by molar-refractivity contribution is 5.44. The van der Waals surface area contributed by atoms with E-state index in [-0.39, 0.29) is 16.7 Å². The van der Waals surface area contributed by atoms with Crippen LogP contribution in [-0.2, 0) is 0 Å². The number of nitro benzene ring substituents is 1. The summed E-state index contributed by atoms with van der Waals surface area (Å²) in [7, 11) is 0. The first kappa shape index (κ1) is 15.8. The maximum Gasteiger partial charge on any atom is 0.272 e. The Bertz CT molecular complexity index is 482. The molecule has 116 valence electrons. The topological polar surface area (TPSA) is 55.6 Å². The van der Waals surface area contributed by atoms with Gasteiger partial charge in [0.05, 0.1) is 4.92 Å². The normalized spacial score (nSPS) is 16.9. The number of hydrogen-bond donors (Lipinski definition) is 0. The Hall–Kier alpha value is -1.62. The summed E-state index contributed by atoms with van der Waals surface area (Å²) < 4.78 is 5.97. The zero-order chi connectivity index (χ0) is 15.2. The number of hydrogen-bond acceptors (Lipinski definition) is 4. The quantitative estimate of drug-likeness (QED) is 0.594. The highest BCUT2D eigenvalue weighted by atomic mass is 16.6. The molecule has 5 heteroatoms. The number of unbranched alkanes of at least 4 members (excludes halogenated alkanes) is 1. The lowest BCUT2D eigenvalue weighted by molar-refractivity contribution is -0.385. The fourth-order valence-electron chi connectivity index (χ4n) is 2.73. The third-order valence-corrected chi connectivity index (χ3v) is 4.03. The number of nitro groups is 1. The molecule has 0 bridgehead atoms. The van der Waals surface area contributed by atoms with Crippen molar-refractivity contribution in [3.05, 3.63) is 33.9 Å². The minimum Gasteiger partial charge on any atom is -0.490 e. The molecule has 0 N–H and O–H groups in total. The molecule has 1 fully saturated rings. The first-order valence-electron chi connectivity index (χ1n) is 7.74. The van der Waals surface area contributed by atoms with E-state index in [1.807, 2.05) is 0 Å². The summed E-state index contributed by atoms with van der Waals surface area (Å²) in [6.07, 6.45) is 4.77. The van der Waals surface area contributed by atoms with Gasteiger partial charge in [0.15, 0.2) is 0 Å². The third kappa shape index (κ3) is 4.43. The molecule has 0 spiro atoms.